The predicted molar refractivity (Wildman–Crippen MR) is 102 cm³/mol. The van der Waals surface area contributed by atoms with Gasteiger partial charge in [0.25, 0.3) is 5.91 Å². The molecule has 0 saturated heterocycles. The molecule has 1 aliphatic carbocycles. The number of aromatic nitrogens is 5. The van der Waals surface area contributed by atoms with Gasteiger partial charge in [-0.1, -0.05) is 0 Å². The molecule has 0 unspecified atom stereocenters. The highest BCUT2D eigenvalue weighted by Gasteiger charge is 2.36. The molecule has 1 aliphatic rings. The molecule has 7 nitrogen and oxygen atoms in total. The molecule has 0 aliphatic heterocycles. The molecule has 0 radical (unpaired) electrons. The van der Waals surface area contributed by atoms with E-state index in [1.165, 1.54) is 17.8 Å². The quantitative estimate of drug-likeness (QED) is 0.466. The van der Waals surface area contributed by atoms with Crippen molar-refractivity contribution in [2.24, 2.45) is 7.05 Å². The summed E-state index contributed by atoms with van der Waals surface area (Å²) >= 11 is 0. The van der Waals surface area contributed by atoms with Crippen molar-refractivity contribution >= 4 is 5.91 Å². The number of carbonyl (C=O) groups excluding carboxylic acids is 1. The third-order valence-corrected chi connectivity index (χ3v) is 5.35. The van der Waals surface area contributed by atoms with Crippen molar-refractivity contribution < 1.29 is 31.1 Å². The van der Waals surface area contributed by atoms with Crippen LogP contribution in [0.1, 0.15) is 46.0 Å². The van der Waals surface area contributed by atoms with Crippen LogP contribution in [0.15, 0.2) is 30.6 Å². The lowest BCUT2D eigenvalue weighted by molar-refractivity contribution is -0.142. The van der Waals surface area contributed by atoms with Crippen molar-refractivity contribution in [3.63, 3.8) is 0 Å². The molecule has 4 rings (SSSR count). The summed E-state index contributed by atoms with van der Waals surface area (Å²) in [7, 11) is 1.25. The highest BCUT2D eigenvalue weighted by molar-refractivity contribution is 5.92. The van der Waals surface area contributed by atoms with E-state index in [1.54, 1.807) is 6.20 Å². The topological polar surface area (TPSA) is 77.6 Å². The number of halogens is 6. The number of nitrogens with zero attached hydrogens (tertiary/aromatic N) is 5. The van der Waals surface area contributed by atoms with Gasteiger partial charge in [0.15, 0.2) is 5.69 Å². The molecular formula is C20H18F6N6O. The van der Waals surface area contributed by atoms with E-state index >= 15 is 0 Å². The largest absolute Gasteiger partial charge is 0.435 e. The minimum Gasteiger partial charge on any atom is -0.348 e. The summed E-state index contributed by atoms with van der Waals surface area (Å²) in [6, 6.07) is 2.61. The second kappa shape index (κ2) is 8.19. The van der Waals surface area contributed by atoms with E-state index in [-0.39, 0.29) is 17.4 Å². The first-order chi connectivity index (χ1) is 15.4. The maximum atomic E-state index is 13.0. The van der Waals surface area contributed by atoms with Crippen LogP contribution in [0.25, 0.3) is 5.69 Å². The Labute approximate surface area is 183 Å². The van der Waals surface area contributed by atoms with Gasteiger partial charge in [0.1, 0.15) is 11.4 Å². The van der Waals surface area contributed by atoms with Gasteiger partial charge in [-0.05, 0) is 43.4 Å². The summed E-state index contributed by atoms with van der Waals surface area (Å²) in [5.74, 6) is -0.690. The lowest BCUT2D eigenvalue weighted by atomic mass is 10.1. The van der Waals surface area contributed by atoms with Crippen LogP contribution in [0, 0.1) is 0 Å². The summed E-state index contributed by atoms with van der Waals surface area (Å²) < 4.78 is 79.7. The van der Waals surface area contributed by atoms with Gasteiger partial charge in [0, 0.05) is 31.5 Å². The van der Waals surface area contributed by atoms with Crippen molar-refractivity contribution in [1.82, 2.24) is 29.9 Å². The average Bonchev–Trinajstić information content (AvgIpc) is 3.26. The van der Waals surface area contributed by atoms with E-state index in [1.807, 2.05) is 0 Å². The van der Waals surface area contributed by atoms with Gasteiger partial charge >= 0.3 is 12.4 Å². The van der Waals surface area contributed by atoms with E-state index < -0.39 is 29.6 Å². The molecule has 1 N–H and O–H groups in total. The number of hydrogen-bond acceptors (Lipinski definition) is 4. The van der Waals surface area contributed by atoms with Crippen molar-refractivity contribution in [3.05, 3.63) is 58.9 Å². The molecule has 176 valence electrons. The third kappa shape index (κ3) is 4.86. The van der Waals surface area contributed by atoms with Gasteiger partial charge in [-0.25, -0.2) is 4.68 Å². The fourth-order valence-corrected chi connectivity index (χ4v) is 3.76. The zero-order valence-electron chi connectivity index (χ0n) is 17.2. The van der Waals surface area contributed by atoms with Crippen LogP contribution in [0.2, 0.25) is 0 Å². The smallest absolute Gasteiger partial charge is 0.348 e. The number of nitrogens with one attached hydrogen (secondary N) is 1. The molecular weight excluding hydrogens is 454 g/mol. The molecule has 0 spiro atoms. The highest BCUT2D eigenvalue weighted by atomic mass is 19.4. The molecule has 0 bridgehead atoms. The summed E-state index contributed by atoms with van der Waals surface area (Å²) in [6.07, 6.45) is -4.51. The van der Waals surface area contributed by atoms with E-state index in [0.717, 1.165) is 22.5 Å². The van der Waals surface area contributed by atoms with Crippen LogP contribution < -0.4 is 5.32 Å². The molecule has 33 heavy (non-hydrogen) atoms. The number of amides is 1. The Hall–Kier alpha value is -3.38. The zero-order chi connectivity index (χ0) is 24.0. The molecule has 1 amide bonds. The fourth-order valence-electron chi connectivity index (χ4n) is 3.76. The molecule has 3 aromatic heterocycles. The van der Waals surface area contributed by atoms with Gasteiger partial charge in [0.05, 0.1) is 11.4 Å². The standard InChI is InChI=1S/C20H18F6N6O/c1-31-15(9-17(30-31)20(24,25)26)18(33)28-12-3-2-4-14-11(7-12)10-32(29-14)13-5-6-27-16(8-13)19(21,22)23/h5-6,8-10,12H,2-4,7H2,1H3,(H,28,33)/t12-/m0/s1. The lowest BCUT2D eigenvalue weighted by Gasteiger charge is -2.16. The first kappa shape index (κ1) is 22.8. The van der Waals surface area contributed by atoms with Gasteiger partial charge < -0.3 is 5.32 Å². The molecule has 1 atom stereocenters. The Morgan fingerprint density at radius 3 is 2.48 bits per heavy atom. The van der Waals surface area contributed by atoms with Crippen molar-refractivity contribution in [2.45, 2.75) is 44.1 Å². The molecule has 3 aromatic rings. The van der Waals surface area contributed by atoms with E-state index in [9.17, 15) is 31.1 Å². The van der Waals surface area contributed by atoms with E-state index in [4.69, 9.17) is 0 Å². The van der Waals surface area contributed by atoms with Crippen LogP contribution in [0.5, 0.6) is 0 Å². The first-order valence-corrected chi connectivity index (χ1v) is 9.95. The van der Waals surface area contributed by atoms with Crippen LogP contribution in [-0.2, 0) is 32.2 Å². The molecule has 0 saturated carbocycles. The summed E-state index contributed by atoms with van der Waals surface area (Å²) in [5, 5.41) is 10.5. The highest BCUT2D eigenvalue weighted by Crippen LogP contribution is 2.30. The second-order valence-corrected chi connectivity index (χ2v) is 7.75. The summed E-state index contributed by atoms with van der Waals surface area (Å²) in [6.45, 7) is 0. The van der Waals surface area contributed by atoms with Crippen molar-refractivity contribution in [1.29, 1.82) is 0 Å². The first-order valence-electron chi connectivity index (χ1n) is 9.95. The van der Waals surface area contributed by atoms with E-state index in [2.05, 4.69) is 20.5 Å². The Balaban J connectivity index is 1.52. The lowest BCUT2D eigenvalue weighted by Crippen LogP contribution is -2.37. The molecule has 13 heteroatoms. The predicted octanol–water partition coefficient (Wildman–Crippen LogP) is 3.72. The number of carbonyl (C=O) groups is 1. The Bertz CT molecular complexity index is 1180. The number of alkyl halides is 6. The Morgan fingerprint density at radius 1 is 1.09 bits per heavy atom. The number of aryl methyl sites for hydroxylation is 2. The second-order valence-electron chi connectivity index (χ2n) is 7.75. The number of rotatable bonds is 3. The van der Waals surface area contributed by atoms with Crippen LogP contribution in [0.4, 0.5) is 26.3 Å². The summed E-state index contributed by atoms with van der Waals surface area (Å²) in [4.78, 5) is 15.9. The van der Waals surface area contributed by atoms with Gasteiger partial charge in [-0.3, -0.25) is 14.5 Å². The van der Waals surface area contributed by atoms with Gasteiger partial charge in [0.2, 0.25) is 0 Å². The Kier molecular flexibility index (Phi) is 5.66. The fraction of sp³-hybridized carbons (Fsp3) is 0.400. The van der Waals surface area contributed by atoms with Crippen molar-refractivity contribution in [3.8, 4) is 5.69 Å². The third-order valence-electron chi connectivity index (χ3n) is 5.35. The average molecular weight is 472 g/mol. The monoisotopic (exact) mass is 472 g/mol. The maximum Gasteiger partial charge on any atom is 0.435 e. The number of pyridine rings is 1. The zero-order valence-corrected chi connectivity index (χ0v) is 17.2. The van der Waals surface area contributed by atoms with Crippen LogP contribution in [0.3, 0.4) is 0 Å². The maximum absolute atomic E-state index is 13.0. The molecule has 3 heterocycles. The minimum atomic E-state index is -4.67. The van der Waals surface area contributed by atoms with Gasteiger partial charge in [-0.15, -0.1) is 0 Å². The number of hydrogen-bond donors (Lipinski definition) is 1. The van der Waals surface area contributed by atoms with Crippen LogP contribution >= 0.6 is 0 Å². The van der Waals surface area contributed by atoms with Gasteiger partial charge in [-0.2, -0.15) is 36.5 Å². The Morgan fingerprint density at radius 2 is 1.82 bits per heavy atom. The summed E-state index contributed by atoms with van der Waals surface area (Å²) in [5.41, 5.74) is -0.791. The van der Waals surface area contributed by atoms with E-state index in [0.29, 0.717) is 37.4 Å². The minimum absolute atomic E-state index is 0.195. The normalized spacial score (nSPS) is 16.9. The van der Waals surface area contributed by atoms with Crippen molar-refractivity contribution in [2.75, 3.05) is 0 Å². The number of fused-ring (bicyclic) bond motifs is 1. The SMILES string of the molecule is Cn1nc(C(F)(F)F)cc1C(=O)N[C@H]1CCCc2nn(-c3ccnc(C(F)(F)F)c3)cc2C1. The molecule has 0 aromatic carbocycles. The molecule has 0 fully saturated rings. The van der Waals surface area contributed by atoms with Crippen LogP contribution in [-0.4, -0.2) is 36.5 Å².